The Balaban J connectivity index is 1.51. The Hall–Kier alpha value is -2.98. The van der Waals surface area contributed by atoms with Crippen LogP contribution in [0.2, 0.25) is 0 Å². The fourth-order valence-corrected chi connectivity index (χ4v) is 4.00. The number of rotatable bonds is 5. The molecule has 1 fully saturated rings. The first-order chi connectivity index (χ1) is 16.2. The van der Waals surface area contributed by atoms with E-state index in [1.165, 1.54) is 6.20 Å². The largest absolute Gasteiger partial charge is 0.444 e. The zero-order chi connectivity index (χ0) is 24.3. The third-order valence-corrected chi connectivity index (χ3v) is 5.76. The number of carbonyl (C=O) groups excluding carboxylic acids is 1. The first-order valence-corrected chi connectivity index (χ1v) is 11.9. The normalized spacial score (nSPS) is 14.7. The van der Waals surface area contributed by atoms with Gasteiger partial charge in [-0.15, -0.1) is 0 Å². The van der Waals surface area contributed by atoms with Crippen molar-refractivity contribution in [1.29, 1.82) is 0 Å². The van der Waals surface area contributed by atoms with Gasteiger partial charge >= 0.3 is 6.09 Å². The Morgan fingerprint density at radius 2 is 1.94 bits per heavy atom. The lowest BCUT2D eigenvalue weighted by atomic mass is 10.0. The van der Waals surface area contributed by atoms with Crippen molar-refractivity contribution in [1.82, 2.24) is 20.0 Å². The molecular formula is C24H28BrN5O4. The van der Waals surface area contributed by atoms with E-state index < -0.39 is 5.60 Å². The summed E-state index contributed by atoms with van der Waals surface area (Å²) in [6.07, 6.45) is 2.80. The fraction of sp³-hybridized carbons (Fsp3) is 0.417. The van der Waals surface area contributed by atoms with Crippen molar-refractivity contribution in [3.63, 3.8) is 0 Å². The molecule has 9 nitrogen and oxygen atoms in total. The van der Waals surface area contributed by atoms with Crippen molar-refractivity contribution in [2.45, 2.75) is 51.8 Å². The minimum atomic E-state index is -0.558. The summed E-state index contributed by atoms with van der Waals surface area (Å²) in [4.78, 5) is 23.2. The van der Waals surface area contributed by atoms with Crippen LogP contribution in [0.1, 0.15) is 39.2 Å². The first kappa shape index (κ1) is 24.2. The van der Waals surface area contributed by atoms with Gasteiger partial charge in [-0.25, -0.2) is 14.8 Å². The zero-order valence-electron chi connectivity index (χ0n) is 19.5. The van der Waals surface area contributed by atoms with Crippen LogP contribution in [0.15, 0.2) is 45.7 Å². The number of ether oxygens (including phenoxy) is 2. The summed E-state index contributed by atoms with van der Waals surface area (Å²) in [5.74, 6) is 0.692. The second-order valence-electron chi connectivity index (χ2n) is 9.15. The molecule has 2 aromatic heterocycles. The smallest absolute Gasteiger partial charge is 0.410 e. The highest BCUT2D eigenvalue weighted by molar-refractivity contribution is 9.10. The van der Waals surface area contributed by atoms with Crippen molar-refractivity contribution in [3.05, 3.63) is 46.7 Å². The van der Waals surface area contributed by atoms with Gasteiger partial charge in [0.15, 0.2) is 17.3 Å². The number of nitrogen functional groups attached to an aromatic ring is 1. The summed E-state index contributed by atoms with van der Waals surface area (Å²) >= 11 is 3.29. The molecule has 0 bridgehead atoms. The van der Waals surface area contributed by atoms with E-state index in [0.717, 1.165) is 24.0 Å². The predicted molar refractivity (Wildman–Crippen MR) is 131 cm³/mol. The van der Waals surface area contributed by atoms with Crippen LogP contribution in [0.3, 0.4) is 0 Å². The summed E-state index contributed by atoms with van der Waals surface area (Å²) in [7, 11) is 0. The molecule has 0 aliphatic carbocycles. The highest BCUT2D eigenvalue weighted by Gasteiger charge is 2.30. The molecule has 1 aliphatic heterocycles. The van der Waals surface area contributed by atoms with Gasteiger partial charge in [-0.05, 0) is 55.1 Å². The summed E-state index contributed by atoms with van der Waals surface area (Å²) < 4.78 is 17.2. The fourth-order valence-electron chi connectivity index (χ4n) is 3.72. The van der Waals surface area contributed by atoms with Gasteiger partial charge in [0.05, 0.1) is 6.20 Å². The lowest BCUT2D eigenvalue weighted by Crippen LogP contribution is -2.45. The summed E-state index contributed by atoms with van der Waals surface area (Å²) in [5.41, 5.74) is 8.31. The molecule has 1 saturated heterocycles. The second kappa shape index (κ2) is 10.1. The molecule has 4 rings (SSSR count). The molecule has 3 heterocycles. The van der Waals surface area contributed by atoms with E-state index in [9.17, 15) is 4.79 Å². The van der Waals surface area contributed by atoms with Crippen molar-refractivity contribution in [2.75, 3.05) is 18.9 Å². The average molecular weight is 530 g/mol. The molecule has 10 heteroatoms. The molecule has 0 radical (unpaired) electrons. The van der Waals surface area contributed by atoms with Crippen molar-refractivity contribution >= 4 is 27.8 Å². The number of nitrogens with zero attached hydrogens (tertiary/aromatic N) is 4. The first-order valence-electron chi connectivity index (χ1n) is 11.1. The van der Waals surface area contributed by atoms with Crippen molar-refractivity contribution in [3.8, 4) is 22.7 Å². The minimum absolute atomic E-state index is 0.0816. The van der Waals surface area contributed by atoms with E-state index in [-0.39, 0.29) is 18.0 Å². The summed E-state index contributed by atoms with van der Waals surface area (Å²) in [6, 6.07) is 9.71. The van der Waals surface area contributed by atoms with Crippen molar-refractivity contribution in [2.24, 2.45) is 0 Å². The number of hydrogen-bond donors (Lipinski definition) is 1. The number of anilines is 1. The summed E-state index contributed by atoms with van der Waals surface area (Å²) in [6.45, 7) is 7.37. The van der Waals surface area contributed by atoms with Crippen LogP contribution >= 0.6 is 15.9 Å². The molecule has 1 amide bonds. The van der Waals surface area contributed by atoms with E-state index in [2.05, 4.69) is 31.1 Å². The number of hydrogen-bond acceptors (Lipinski definition) is 8. The molecule has 0 spiro atoms. The molecule has 180 valence electrons. The maximum Gasteiger partial charge on any atom is 0.410 e. The predicted octanol–water partition coefficient (Wildman–Crippen LogP) is 5.06. The maximum atomic E-state index is 13.0. The SMILES string of the molecule is CC(C)(C)OC(=O)N(Cc1ccc(-c2cc(-c3nc(Br)cnc3N)on2)cc1)C1CCOCC1. The van der Waals surface area contributed by atoms with Crippen LogP contribution in [0.4, 0.5) is 10.6 Å². The standard InChI is InChI=1S/C24H28BrN5O4/c1-24(2,3)33-23(31)30(17-8-10-32-11-9-17)14-15-4-6-16(7-5-15)18-12-19(34-29-18)21-22(26)27-13-20(25)28-21/h4-7,12-13,17H,8-11,14H2,1-3H3,(H2,26,27). The number of nitrogens with two attached hydrogens (primary N) is 1. The maximum absolute atomic E-state index is 13.0. The Labute approximate surface area is 206 Å². The molecule has 2 N–H and O–H groups in total. The van der Waals surface area contributed by atoms with Crippen LogP contribution in [0, 0.1) is 0 Å². The molecule has 0 unspecified atom stereocenters. The molecule has 34 heavy (non-hydrogen) atoms. The molecule has 0 atom stereocenters. The van der Waals surface area contributed by atoms with E-state index in [1.807, 2.05) is 49.9 Å². The molecule has 1 aliphatic rings. The highest BCUT2D eigenvalue weighted by atomic mass is 79.9. The van der Waals surface area contributed by atoms with E-state index in [4.69, 9.17) is 19.7 Å². The van der Waals surface area contributed by atoms with Gasteiger partial charge in [0.1, 0.15) is 15.9 Å². The Kier molecular flexibility index (Phi) is 7.18. The minimum Gasteiger partial charge on any atom is -0.444 e. The van der Waals surface area contributed by atoms with Gasteiger partial charge in [0.2, 0.25) is 0 Å². The highest BCUT2D eigenvalue weighted by Crippen LogP contribution is 2.29. The van der Waals surface area contributed by atoms with Gasteiger partial charge in [0.25, 0.3) is 0 Å². The molecule has 3 aromatic rings. The summed E-state index contributed by atoms with van der Waals surface area (Å²) in [5, 5.41) is 4.15. The average Bonchev–Trinajstić information content (AvgIpc) is 3.29. The van der Waals surface area contributed by atoms with E-state index in [1.54, 1.807) is 6.07 Å². The zero-order valence-corrected chi connectivity index (χ0v) is 21.0. The van der Waals surface area contributed by atoms with Gasteiger partial charge in [-0.2, -0.15) is 0 Å². The van der Waals surface area contributed by atoms with Gasteiger partial charge < -0.3 is 24.6 Å². The van der Waals surface area contributed by atoms with E-state index >= 15 is 0 Å². The van der Waals surface area contributed by atoms with Crippen LogP contribution in [0.5, 0.6) is 0 Å². The number of carbonyl (C=O) groups is 1. The Morgan fingerprint density at radius 1 is 1.24 bits per heavy atom. The Morgan fingerprint density at radius 3 is 2.62 bits per heavy atom. The number of aromatic nitrogens is 3. The van der Waals surface area contributed by atoms with Crippen LogP contribution < -0.4 is 5.73 Å². The number of benzene rings is 1. The van der Waals surface area contributed by atoms with Crippen LogP contribution in [0.25, 0.3) is 22.7 Å². The monoisotopic (exact) mass is 529 g/mol. The quantitative estimate of drug-likeness (QED) is 0.487. The Bertz CT molecular complexity index is 1140. The lowest BCUT2D eigenvalue weighted by molar-refractivity contribution is -0.00808. The van der Waals surface area contributed by atoms with Crippen molar-refractivity contribution < 1.29 is 18.8 Å². The third-order valence-electron chi connectivity index (χ3n) is 5.38. The van der Waals surface area contributed by atoms with Gasteiger partial charge in [-0.3, -0.25) is 0 Å². The number of halogens is 1. The number of amides is 1. The molecule has 0 saturated carbocycles. The molecular weight excluding hydrogens is 502 g/mol. The molecule has 1 aromatic carbocycles. The topological polar surface area (TPSA) is 117 Å². The van der Waals surface area contributed by atoms with Crippen LogP contribution in [-0.4, -0.2) is 51.0 Å². The lowest BCUT2D eigenvalue weighted by Gasteiger charge is -2.35. The van der Waals surface area contributed by atoms with Gasteiger partial charge in [0, 0.05) is 37.4 Å². The second-order valence-corrected chi connectivity index (χ2v) is 9.96. The van der Waals surface area contributed by atoms with Gasteiger partial charge in [-0.1, -0.05) is 29.4 Å². The van der Waals surface area contributed by atoms with E-state index in [0.29, 0.717) is 41.5 Å². The van der Waals surface area contributed by atoms with Crippen LogP contribution in [-0.2, 0) is 16.0 Å². The third kappa shape index (κ3) is 5.92.